The molecule has 94 valence electrons. The maximum atomic E-state index is 3.51. The Bertz CT molecular complexity index is 787. The predicted octanol–water partition coefficient (Wildman–Crippen LogP) is 3.76. The van der Waals surface area contributed by atoms with E-state index in [2.05, 4.69) is 71.8 Å². The van der Waals surface area contributed by atoms with E-state index in [1.165, 1.54) is 26.5 Å². The van der Waals surface area contributed by atoms with Crippen LogP contribution in [0.2, 0.25) is 0 Å². The second-order valence-corrected chi connectivity index (χ2v) is 6.18. The molecular weight excluding hydrogens is 252 g/mol. The highest BCUT2D eigenvalue weighted by Crippen LogP contribution is 2.38. The van der Waals surface area contributed by atoms with Crippen LogP contribution in [-0.2, 0) is 0 Å². The van der Waals surface area contributed by atoms with Gasteiger partial charge in [-0.3, -0.25) is 0 Å². The molecule has 2 nitrogen and oxygen atoms in total. The lowest BCUT2D eigenvalue weighted by molar-refractivity contribution is -0.577. The van der Waals surface area contributed by atoms with Crippen molar-refractivity contribution in [3.63, 3.8) is 0 Å². The third-order valence-electron chi connectivity index (χ3n) is 3.51. The van der Waals surface area contributed by atoms with Crippen LogP contribution in [0.15, 0.2) is 52.3 Å². The van der Waals surface area contributed by atoms with Crippen LogP contribution in [0, 0.1) is 6.33 Å². The van der Waals surface area contributed by atoms with Crippen molar-refractivity contribution in [2.24, 2.45) is 0 Å². The maximum Gasteiger partial charge on any atom is 0.244 e. The molecule has 0 spiro atoms. The summed E-state index contributed by atoms with van der Waals surface area (Å²) < 4.78 is 4.43. The number of nitrogens with zero attached hydrogens (tertiary/aromatic N) is 2. The van der Waals surface area contributed by atoms with Gasteiger partial charge >= 0.3 is 0 Å². The molecule has 0 saturated heterocycles. The SMILES string of the molecule is CC(C)n1[c-][n+]2c3c(cccc31)Sc1ccccc1-2. The summed E-state index contributed by atoms with van der Waals surface area (Å²) in [5.41, 5.74) is 3.77. The van der Waals surface area contributed by atoms with Gasteiger partial charge < -0.3 is 9.13 Å². The van der Waals surface area contributed by atoms with Crippen molar-refractivity contribution in [3.8, 4) is 5.69 Å². The maximum absolute atomic E-state index is 3.51. The summed E-state index contributed by atoms with van der Waals surface area (Å²) in [4.78, 5) is 2.61. The Hall–Kier alpha value is -1.74. The molecule has 4 rings (SSSR count). The van der Waals surface area contributed by atoms with Crippen LogP contribution in [0.25, 0.3) is 16.7 Å². The first-order valence-corrected chi connectivity index (χ1v) is 7.33. The molecule has 0 radical (unpaired) electrons. The highest BCUT2D eigenvalue weighted by atomic mass is 32.2. The van der Waals surface area contributed by atoms with Gasteiger partial charge in [0.25, 0.3) is 0 Å². The fourth-order valence-electron chi connectivity index (χ4n) is 2.64. The summed E-state index contributed by atoms with van der Waals surface area (Å²) in [7, 11) is 0. The van der Waals surface area contributed by atoms with E-state index in [0.717, 1.165) is 0 Å². The second-order valence-electron chi connectivity index (χ2n) is 5.09. The molecule has 0 bridgehead atoms. The van der Waals surface area contributed by atoms with E-state index in [9.17, 15) is 0 Å². The summed E-state index contributed by atoms with van der Waals surface area (Å²) in [6, 6.07) is 15.4. The zero-order chi connectivity index (χ0) is 13.0. The van der Waals surface area contributed by atoms with Gasteiger partial charge in [-0.1, -0.05) is 42.5 Å². The number of imidazole rings is 1. The molecule has 1 aromatic heterocycles. The summed E-state index contributed by atoms with van der Waals surface area (Å²) in [5, 5.41) is 0. The van der Waals surface area contributed by atoms with Gasteiger partial charge in [-0.05, 0) is 13.8 Å². The van der Waals surface area contributed by atoms with Crippen molar-refractivity contribution in [1.29, 1.82) is 0 Å². The molecule has 3 aromatic rings. The van der Waals surface area contributed by atoms with Crippen molar-refractivity contribution in [2.75, 3.05) is 0 Å². The van der Waals surface area contributed by atoms with E-state index in [0.29, 0.717) is 6.04 Å². The normalized spacial score (nSPS) is 13.0. The first kappa shape index (κ1) is 11.1. The van der Waals surface area contributed by atoms with Crippen LogP contribution in [0.5, 0.6) is 0 Å². The second kappa shape index (κ2) is 3.87. The van der Waals surface area contributed by atoms with Gasteiger partial charge in [0.15, 0.2) is 0 Å². The van der Waals surface area contributed by atoms with Gasteiger partial charge in [-0.2, -0.15) is 0 Å². The molecule has 3 heteroatoms. The first-order chi connectivity index (χ1) is 9.25. The number of hydrogen-bond donors (Lipinski definition) is 0. The van der Waals surface area contributed by atoms with Crippen LogP contribution in [-0.4, -0.2) is 4.57 Å². The van der Waals surface area contributed by atoms with E-state index in [-0.39, 0.29) is 0 Å². The Morgan fingerprint density at radius 2 is 1.84 bits per heavy atom. The molecular formula is C16H14N2S. The molecule has 0 amide bonds. The van der Waals surface area contributed by atoms with Crippen LogP contribution in [0.4, 0.5) is 0 Å². The lowest BCUT2D eigenvalue weighted by Crippen LogP contribution is -2.32. The standard InChI is InChI=1S/C16H14N2S/c1-11(2)17-10-18-12-6-3-4-8-14(12)19-15-9-5-7-13(17)16(15)18/h3-9,11H,1-2H3. The highest BCUT2D eigenvalue weighted by Gasteiger charge is 2.20. The third kappa shape index (κ3) is 1.48. The molecule has 1 aliphatic rings. The van der Waals surface area contributed by atoms with Gasteiger partial charge in [0.1, 0.15) is 0 Å². The van der Waals surface area contributed by atoms with Gasteiger partial charge in [-0.15, -0.1) is 11.8 Å². The number of hydrogen-bond acceptors (Lipinski definition) is 1. The van der Waals surface area contributed by atoms with Crippen molar-refractivity contribution >= 4 is 22.8 Å². The summed E-state index contributed by atoms with van der Waals surface area (Å²) in [5.74, 6) is 0. The van der Waals surface area contributed by atoms with E-state index in [4.69, 9.17) is 0 Å². The number of benzene rings is 2. The van der Waals surface area contributed by atoms with Crippen molar-refractivity contribution in [1.82, 2.24) is 4.57 Å². The van der Waals surface area contributed by atoms with Crippen LogP contribution >= 0.6 is 11.8 Å². The molecule has 1 aliphatic heterocycles. The highest BCUT2D eigenvalue weighted by molar-refractivity contribution is 7.99. The molecule has 0 unspecified atom stereocenters. The van der Waals surface area contributed by atoms with E-state index < -0.39 is 0 Å². The Morgan fingerprint density at radius 1 is 1.05 bits per heavy atom. The van der Waals surface area contributed by atoms with E-state index >= 15 is 0 Å². The first-order valence-electron chi connectivity index (χ1n) is 6.51. The summed E-state index contributed by atoms with van der Waals surface area (Å²) >= 11 is 1.85. The van der Waals surface area contributed by atoms with Crippen LogP contribution in [0.3, 0.4) is 0 Å². The van der Waals surface area contributed by atoms with Crippen molar-refractivity contribution in [3.05, 3.63) is 48.8 Å². The minimum Gasteiger partial charge on any atom is -0.317 e. The van der Waals surface area contributed by atoms with Crippen molar-refractivity contribution < 1.29 is 4.57 Å². The fraction of sp³-hybridized carbons (Fsp3) is 0.188. The molecule has 0 saturated carbocycles. The Balaban J connectivity index is 2.15. The van der Waals surface area contributed by atoms with Crippen LogP contribution in [0.1, 0.15) is 19.9 Å². The molecule has 2 aromatic carbocycles. The molecule has 0 atom stereocenters. The predicted molar refractivity (Wildman–Crippen MR) is 76.8 cm³/mol. The number of aromatic nitrogens is 2. The monoisotopic (exact) mass is 266 g/mol. The van der Waals surface area contributed by atoms with E-state index in [1.807, 2.05) is 11.8 Å². The molecule has 2 heterocycles. The van der Waals surface area contributed by atoms with Gasteiger partial charge in [0.2, 0.25) is 6.33 Å². The molecule has 0 N–H and O–H groups in total. The third-order valence-corrected chi connectivity index (χ3v) is 4.63. The summed E-state index contributed by atoms with van der Waals surface area (Å²) in [6.07, 6.45) is 3.51. The van der Waals surface area contributed by atoms with Gasteiger partial charge in [0, 0.05) is 9.79 Å². The molecule has 0 fully saturated rings. The lowest BCUT2D eigenvalue weighted by atomic mass is 10.2. The fourth-order valence-corrected chi connectivity index (χ4v) is 3.73. The minimum absolute atomic E-state index is 0.411. The Morgan fingerprint density at radius 3 is 2.68 bits per heavy atom. The average Bonchev–Trinajstić information content (AvgIpc) is 2.81. The Labute approximate surface area is 116 Å². The Kier molecular flexibility index (Phi) is 2.27. The van der Waals surface area contributed by atoms with E-state index in [1.54, 1.807) is 0 Å². The lowest BCUT2D eigenvalue weighted by Gasteiger charge is -2.18. The number of fused-ring (bicyclic) bond motifs is 2. The van der Waals surface area contributed by atoms with Crippen LogP contribution < -0.4 is 4.57 Å². The average molecular weight is 266 g/mol. The quantitative estimate of drug-likeness (QED) is 0.376. The molecule has 0 aliphatic carbocycles. The van der Waals surface area contributed by atoms with Gasteiger partial charge in [-0.25, -0.2) is 0 Å². The minimum atomic E-state index is 0.411. The largest absolute Gasteiger partial charge is 0.317 e. The zero-order valence-corrected chi connectivity index (χ0v) is 11.7. The smallest absolute Gasteiger partial charge is 0.244 e. The molecule has 19 heavy (non-hydrogen) atoms. The number of para-hydroxylation sites is 2. The van der Waals surface area contributed by atoms with Crippen molar-refractivity contribution in [2.45, 2.75) is 29.7 Å². The van der Waals surface area contributed by atoms with Gasteiger partial charge in [0.05, 0.1) is 22.8 Å². The number of rotatable bonds is 1. The summed E-state index contributed by atoms with van der Waals surface area (Å²) in [6.45, 7) is 4.40. The zero-order valence-electron chi connectivity index (χ0n) is 10.9. The topological polar surface area (TPSA) is 8.81 Å².